The number of ether oxygens (including phenoxy) is 2. The van der Waals surface area contributed by atoms with E-state index in [2.05, 4.69) is 15.2 Å². The number of amides is 1. The smallest absolute Gasteiger partial charge is 0.255 e. The predicted molar refractivity (Wildman–Crippen MR) is 94.6 cm³/mol. The van der Waals surface area contributed by atoms with Gasteiger partial charge in [-0.1, -0.05) is 0 Å². The van der Waals surface area contributed by atoms with Crippen molar-refractivity contribution in [3.63, 3.8) is 0 Å². The van der Waals surface area contributed by atoms with Gasteiger partial charge in [0.25, 0.3) is 5.91 Å². The van der Waals surface area contributed by atoms with Crippen molar-refractivity contribution in [2.24, 2.45) is 0 Å². The number of anilines is 2. The van der Waals surface area contributed by atoms with Crippen molar-refractivity contribution in [3.8, 4) is 0 Å². The third-order valence-corrected chi connectivity index (χ3v) is 4.85. The molecule has 27 heavy (non-hydrogen) atoms. The van der Waals surface area contributed by atoms with E-state index in [1.54, 1.807) is 12.3 Å². The van der Waals surface area contributed by atoms with Crippen LogP contribution in [0.2, 0.25) is 0 Å². The summed E-state index contributed by atoms with van der Waals surface area (Å²) in [5, 5.41) is 2.63. The molecule has 2 fully saturated rings. The summed E-state index contributed by atoms with van der Waals surface area (Å²) < 4.78 is 37.7. The normalized spacial score (nSPS) is 18.7. The summed E-state index contributed by atoms with van der Waals surface area (Å²) in [5.41, 5.74) is 0.514. The number of nitrogens with zero attached hydrogens (tertiary/aromatic N) is 2. The summed E-state index contributed by atoms with van der Waals surface area (Å²) in [6.07, 6.45) is 3.10. The standard InChI is InChI=1S/C19H19F2N3O3/c20-15-3-1-13(11-16(15)21)18(25)23-14-2-4-17(22-12-14)24-7-5-19(6-8-24)26-9-10-27-19/h1-4,11-12H,5-10H2,(H,23,25). The zero-order valence-electron chi connectivity index (χ0n) is 14.6. The zero-order valence-corrected chi connectivity index (χ0v) is 14.6. The van der Waals surface area contributed by atoms with Gasteiger partial charge in [-0.2, -0.15) is 0 Å². The summed E-state index contributed by atoms with van der Waals surface area (Å²) in [4.78, 5) is 18.7. The maximum Gasteiger partial charge on any atom is 0.255 e. The number of benzene rings is 1. The minimum Gasteiger partial charge on any atom is -0.356 e. The molecular formula is C19H19F2N3O3. The largest absolute Gasteiger partial charge is 0.356 e. The van der Waals surface area contributed by atoms with E-state index >= 15 is 0 Å². The van der Waals surface area contributed by atoms with Gasteiger partial charge in [-0.15, -0.1) is 0 Å². The molecule has 142 valence electrons. The van der Waals surface area contributed by atoms with Crippen molar-refractivity contribution in [2.75, 3.05) is 36.5 Å². The monoisotopic (exact) mass is 375 g/mol. The number of piperidine rings is 1. The number of pyridine rings is 1. The first-order valence-corrected chi connectivity index (χ1v) is 8.80. The molecule has 4 rings (SSSR count). The number of aromatic nitrogens is 1. The van der Waals surface area contributed by atoms with Gasteiger partial charge in [0, 0.05) is 31.5 Å². The van der Waals surface area contributed by atoms with Gasteiger partial charge in [0.1, 0.15) is 5.82 Å². The van der Waals surface area contributed by atoms with Gasteiger partial charge in [-0.25, -0.2) is 13.8 Å². The first-order valence-electron chi connectivity index (χ1n) is 8.80. The Hall–Kier alpha value is -2.58. The van der Waals surface area contributed by atoms with E-state index in [0.717, 1.165) is 43.9 Å². The maximum absolute atomic E-state index is 13.3. The summed E-state index contributed by atoms with van der Waals surface area (Å²) in [6, 6.07) is 6.56. The lowest BCUT2D eigenvalue weighted by atomic mass is 10.0. The quantitative estimate of drug-likeness (QED) is 0.894. The fourth-order valence-electron chi connectivity index (χ4n) is 3.35. The number of hydrogen-bond acceptors (Lipinski definition) is 5. The van der Waals surface area contributed by atoms with Crippen molar-refractivity contribution in [2.45, 2.75) is 18.6 Å². The second-order valence-corrected chi connectivity index (χ2v) is 6.58. The molecule has 6 nitrogen and oxygen atoms in total. The Labute approximate surface area is 155 Å². The molecule has 0 radical (unpaired) electrons. The van der Waals surface area contributed by atoms with Gasteiger partial charge in [0.15, 0.2) is 17.4 Å². The topological polar surface area (TPSA) is 63.7 Å². The number of carbonyl (C=O) groups excluding carboxylic acids is 1. The highest BCUT2D eigenvalue weighted by Gasteiger charge is 2.39. The van der Waals surface area contributed by atoms with E-state index in [9.17, 15) is 13.6 Å². The first-order chi connectivity index (χ1) is 13.0. The third kappa shape index (κ3) is 3.77. The minimum atomic E-state index is -1.06. The molecule has 1 aromatic carbocycles. The lowest BCUT2D eigenvalue weighted by Gasteiger charge is -2.38. The molecule has 2 aliphatic heterocycles. The lowest BCUT2D eigenvalue weighted by molar-refractivity contribution is -0.169. The van der Waals surface area contributed by atoms with E-state index in [4.69, 9.17) is 9.47 Å². The molecule has 1 amide bonds. The summed E-state index contributed by atoms with van der Waals surface area (Å²) >= 11 is 0. The summed E-state index contributed by atoms with van der Waals surface area (Å²) in [5.74, 6) is -2.22. The van der Waals surface area contributed by atoms with Crippen LogP contribution < -0.4 is 10.2 Å². The van der Waals surface area contributed by atoms with Crippen LogP contribution in [0.3, 0.4) is 0 Å². The van der Waals surface area contributed by atoms with Gasteiger partial charge in [0.05, 0.1) is 25.1 Å². The van der Waals surface area contributed by atoms with E-state index in [1.165, 1.54) is 6.07 Å². The lowest BCUT2D eigenvalue weighted by Crippen LogP contribution is -2.45. The number of halogens is 2. The highest BCUT2D eigenvalue weighted by molar-refractivity contribution is 6.04. The maximum atomic E-state index is 13.3. The molecule has 2 aliphatic rings. The van der Waals surface area contributed by atoms with Gasteiger partial charge in [0.2, 0.25) is 0 Å². The van der Waals surface area contributed by atoms with E-state index in [0.29, 0.717) is 18.9 Å². The second-order valence-electron chi connectivity index (χ2n) is 6.58. The molecule has 0 atom stereocenters. The molecule has 1 N–H and O–H groups in total. The van der Waals surface area contributed by atoms with E-state index < -0.39 is 23.3 Å². The fourth-order valence-corrected chi connectivity index (χ4v) is 3.35. The van der Waals surface area contributed by atoms with Crippen molar-refractivity contribution < 1.29 is 23.0 Å². The molecule has 8 heteroatoms. The Morgan fingerprint density at radius 3 is 2.44 bits per heavy atom. The minimum absolute atomic E-state index is 0.0378. The molecule has 0 unspecified atom stereocenters. The van der Waals surface area contributed by atoms with Crippen LogP contribution >= 0.6 is 0 Å². The number of nitrogens with one attached hydrogen (secondary N) is 1. The van der Waals surface area contributed by atoms with Gasteiger partial charge < -0.3 is 19.7 Å². The molecule has 0 aliphatic carbocycles. The van der Waals surface area contributed by atoms with Crippen LogP contribution in [0.4, 0.5) is 20.3 Å². The molecule has 3 heterocycles. The molecule has 2 saturated heterocycles. The van der Waals surface area contributed by atoms with Crippen molar-refractivity contribution in [1.82, 2.24) is 4.98 Å². The third-order valence-electron chi connectivity index (χ3n) is 4.85. The SMILES string of the molecule is O=C(Nc1ccc(N2CCC3(CC2)OCCO3)nc1)c1ccc(F)c(F)c1. The number of carbonyl (C=O) groups is 1. The molecule has 0 bridgehead atoms. The van der Waals surface area contributed by atoms with Crippen molar-refractivity contribution in [1.29, 1.82) is 0 Å². The Morgan fingerprint density at radius 1 is 1.07 bits per heavy atom. The van der Waals surface area contributed by atoms with Gasteiger partial charge in [-0.05, 0) is 30.3 Å². The van der Waals surface area contributed by atoms with Crippen LogP contribution in [0.25, 0.3) is 0 Å². The molecule has 1 spiro atoms. The van der Waals surface area contributed by atoms with E-state index in [-0.39, 0.29) is 5.56 Å². The van der Waals surface area contributed by atoms with Crippen molar-refractivity contribution in [3.05, 3.63) is 53.7 Å². The van der Waals surface area contributed by atoms with Crippen molar-refractivity contribution >= 4 is 17.4 Å². The Kier molecular flexibility index (Phi) is 4.75. The first kappa shape index (κ1) is 17.8. The number of hydrogen-bond donors (Lipinski definition) is 1. The Morgan fingerprint density at radius 2 is 1.81 bits per heavy atom. The van der Waals surface area contributed by atoms with Crippen LogP contribution in [-0.4, -0.2) is 43.0 Å². The van der Waals surface area contributed by atoms with Gasteiger partial charge in [-0.3, -0.25) is 4.79 Å². The van der Waals surface area contributed by atoms with Crippen LogP contribution in [0.1, 0.15) is 23.2 Å². The summed E-state index contributed by atoms with van der Waals surface area (Å²) in [6.45, 7) is 2.83. The fraction of sp³-hybridized carbons (Fsp3) is 0.368. The molecule has 2 aromatic rings. The highest BCUT2D eigenvalue weighted by atomic mass is 19.2. The average molecular weight is 375 g/mol. The van der Waals surface area contributed by atoms with Crippen LogP contribution in [-0.2, 0) is 9.47 Å². The number of rotatable bonds is 3. The molecular weight excluding hydrogens is 356 g/mol. The van der Waals surface area contributed by atoms with Gasteiger partial charge >= 0.3 is 0 Å². The van der Waals surface area contributed by atoms with Crippen LogP contribution in [0.15, 0.2) is 36.5 Å². The zero-order chi connectivity index (χ0) is 18.9. The van der Waals surface area contributed by atoms with Crippen LogP contribution in [0.5, 0.6) is 0 Å². The Bertz CT molecular complexity index is 829. The average Bonchev–Trinajstić information content (AvgIpc) is 3.13. The predicted octanol–water partition coefficient (Wildman–Crippen LogP) is 2.96. The Balaban J connectivity index is 1.37. The summed E-state index contributed by atoms with van der Waals surface area (Å²) in [7, 11) is 0. The molecule has 0 saturated carbocycles. The second kappa shape index (κ2) is 7.21. The molecule has 1 aromatic heterocycles. The van der Waals surface area contributed by atoms with Crippen LogP contribution in [0, 0.1) is 11.6 Å². The van der Waals surface area contributed by atoms with E-state index in [1.807, 2.05) is 6.07 Å². The highest BCUT2D eigenvalue weighted by Crippen LogP contribution is 2.32.